The fourth-order valence-electron chi connectivity index (χ4n) is 2.31. The van der Waals surface area contributed by atoms with Gasteiger partial charge in [-0.05, 0) is 42.8 Å². The highest BCUT2D eigenvalue weighted by atomic mass is 35.5. The largest absolute Gasteiger partial charge is 0.451 e. The topological polar surface area (TPSA) is 85.4 Å². The molecular formula is C18H12Cl2N2O4. The molecule has 132 valence electrons. The summed E-state index contributed by atoms with van der Waals surface area (Å²) < 4.78 is 5.56. The molecule has 3 aromatic rings. The maximum atomic E-state index is 12.4. The number of aryl methyl sites for hydroxylation is 1. The molecule has 8 heteroatoms. The van der Waals surface area contributed by atoms with Crippen LogP contribution in [-0.4, -0.2) is 10.8 Å². The van der Waals surface area contributed by atoms with Gasteiger partial charge >= 0.3 is 0 Å². The van der Waals surface area contributed by atoms with E-state index in [1.807, 2.05) is 19.1 Å². The SMILES string of the molecule is Cc1ccc(-c2ccc(C(=O)Nc3ccc(Cl)cc3[N+](=O)[O-])o2)cc1Cl. The zero-order chi connectivity index (χ0) is 18.8. The van der Waals surface area contributed by atoms with E-state index in [-0.39, 0.29) is 22.2 Å². The summed E-state index contributed by atoms with van der Waals surface area (Å²) in [5, 5.41) is 14.3. The number of furan rings is 1. The van der Waals surface area contributed by atoms with Crippen molar-refractivity contribution in [1.29, 1.82) is 0 Å². The molecule has 0 aliphatic heterocycles. The van der Waals surface area contributed by atoms with Crippen molar-refractivity contribution in [2.45, 2.75) is 6.92 Å². The summed E-state index contributed by atoms with van der Waals surface area (Å²) in [6.07, 6.45) is 0. The van der Waals surface area contributed by atoms with Gasteiger partial charge in [0, 0.05) is 21.7 Å². The Kier molecular flexibility index (Phi) is 4.97. The predicted octanol–water partition coefficient (Wildman–Crippen LogP) is 5.72. The molecule has 1 aromatic heterocycles. The van der Waals surface area contributed by atoms with Crippen molar-refractivity contribution in [2.75, 3.05) is 5.32 Å². The molecule has 1 N–H and O–H groups in total. The number of hydrogen-bond donors (Lipinski definition) is 1. The number of rotatable bonds is 4. The van der Waals surface area contributed by atoms with Gasteiger partial charge in [-0.1, -0.05) is 35.3 Å². The van der Waals surface area contributed by atoms with E-state index >= 15 is 0 Å². The zero-order valence-electron chi connectivity index (χ0n) is 13.5. The first-order chi connectivity index (χ1) is 12.3. The summed E-state index contributed by atoms with van der Waals surface area (Å²) in [7, 11) is 0. The Hall–Kier alpha value is -2.83. The lowest BCUT2D eigenvalue weighted by Gasteiger charge is -2.05. The predicted molar refractivity (Wildman–Crippen MR) is 100.0 cm³/mol. The van der Waals surface area contributed by atoms with Gasteiger partial charge in [0.05, 0.1) is 4.92 Å². The van der Waals surface area contributed by atoms with Crippen LogP contribution < -0.4 is 5.32 Å². The summed E-state index contributed by atoms with van der Waals surface area (Å²) in [6.45, 7) is 1.88. The van der Waals surface area contributed by atoms with Gasteiger partial charge in [-0.15, -0.1) is 0 Å². The Labute approximate surface area is 158 Å². The van der Waals surface area contributed by atoms with Crippen molar-refractivity contribution < 1.29 is 14.1 Å². The highest BCUT2D eigenvalue weighted by Crippen LogP contribution is 2.30. The van der Waals surface area contributed by atoms with E-state index in [9.17, 15) is 14.9 Å². The molecule has 6 nitrogen and oxygen atoms in total. The first kappa shape index (κ1) is 18.0. The summed E-state index contributed by atoms with van der Waals surface area (Å²) in [5.41, 5.74) is 1.37. The van der Waals surface area contributed by atoms with E-state index in [2.05, 4.69) is 5.32 Å². The summed E-state index contributed by atoms with van der Waals surface area (Å²) in [5.74, 6) is -0.136. The number of nitrogens with zero attached hydrogens (tertiary/aromatic N) is 1. The number of nitro benzene ring substituents is 1. The molecule has 0 aliphatic rings. The van der Waals surface area contributed by atoms with Crippen LogP contribution >= 0.6 is 23.2 Å². The Morgan fingerprint density at radius 2 is 1.88 bits per heavy atom. The van der Waals surface area contributed by atoms with E-state index in [0.29, 0.717) is 10.8 Å². The third kappa shape index (κ3) is 3.71. The van der Waals surface area contributed by atoms with E-state index < -0.39 is 10.8 Å². The van der Waals surface area contributed by atoms with Crippen LogP contribution in [0.3, 0.4) is 0 Å². The smallest absolute Gasteiger partial charge is 0.294 e. The van der Waals surface area contributed by atoms with Gasteiger partial charge in [0.25, 0.3) is 11.6 Å². The second kappa shape index (κ2) is 7.19. The highest BCUT2D eigenvalue weighted by Gasteiger charge is 2.19. The molecule has 0 fully saturated rings. The van der Waals surface area contributed by atoms with Crippen LogP contribution in [0.15, 0.2) is 52.9 Å². The number of amides is 1. The van der Waals surface area contributed by atoms with Gasteiger partial charge < -0.3 is 9.73 Å². The van der Waals surface area contributed by atoms with Crippen molar-refractivity contribution >= 4 is 40.5 Å². The normalized spacial score (nSPS) is 10.6. The molecule has 1 amide bonds. The molecule has 3 rings (SSSR count). The van der Waals surface area contributed by atoms with Crippen LogP contribution in [0, 0.1) is 17.0 Å². The molecule has 0 unspecified atom stereocenters. The third-order valence-corrected chi connectivity index (χ3v) is 4.33. The molecule has 0 bridgehead atoms. The van der Waals surface area contributed by atoms with Crippen LogP contribution in [0.25, 0.3) is 11.3 Å². The van der Waals surface area contributed by atoms with Crippen LogP contribution in [0.2, 0.25) is 10.0 Å². The summed E-state index contributed by atoms with van der Waals surface area (Å²) in [6, 6.07) is 12.5. The van der Waals surface area contributed by atoms with Crippen molar-refractivity contribution in [3.63, 3.8) is 0 Å². The number of anilines is 1. The monoisotopic (exact) mass is 390 g/mol. The number of halogens is 2. The minimum absolute atomic E-state index is 0.0148. The quantitative estimate of drug-likeness (QED) is 0.455. The van der Waals surface area contributed by atoms with E-state index in [1.165, 1.54) is 24.3 Å². The molecule has 0 atom stereocenters. The Balaban J connectivity index is 1.85. The van der Waals surface area contributed by atoms with E-state index in [1.54, 1.807) is 12.1 Å². The summed E-state index contributed by atoms with van der Waals surface area (Å²) >= 11 is 11.9. The average Bonchev–Trinajstić information content (AvgIpc) is 3.09. The van der Waals surface area contributed by atoms with Crippen LogP contribution in [0.4, 0.5) is 11.4 Å². The van der Waals surface area contributed by atoms with Crippen molar-refractivity contribution in [3.05, 3.63) is 80.0 Å². The van der Waals surface area contributed by atoms with Gasteiger partial charge in [0.1, 0.15) is 11.4 Å². The fourth-order valence-corrected chi connectivity index (χ4v) is 2.65. The second-order valence-corrected chi connectivity index (χ2v) is 6.34. The van der Waals surface area contributed by atoms with Crippen LogP contribution in [0.5, 0.6) is 0 Å². The molecule has 0 aliphatic carbocycles. The number of carbonyl (C=O) groups excluding carboxylic acids is 1. The van der Waals surface area contributed by atoms with Crippen molar-refractivity contribution in [3.8, 4) is 11.3 Å². The molecule has 26 heavy (non-hydrogen) atoms. The van der Waals surface area contributed by atoms with Crippen LogP contribution in [-0.2, 0) is 0 Å². The average molecular weight is 391 g/mol. The zero-order valence-corrected chi connectivity index (χ0v) is 15.0. The molecule has 1 heterocycles. The minimum Gasteiger partial charge on any atom is -0.451 e. The molecule has 0 saturated carbocycles. The lowest BCUT2D eigenvalue weighted by Crippen LogP contribution is -2.12. The molecule has 0 saturated heterocycles. The Bertz CT molecular complexity index is 1010. The minimum atomic E-state index is -0.622. The van der Waals surface area contributed by atoms with E-state index in [4.69, 9.17) is 27.6 Å². The number of benzene rings is 2. The number of carbonyl (C=O) groups is 1. The second-order valence-electron chi connectivity index (χ2n) is 5.50. The number of nitrogens with one attached hydrogen (secondary N) is 1. The number of nitro groups is 1. The van der Waals surface area contributed by atoms with Gasteiger partial charge in [0.2, 0.25) is 0 Å². The van der Waals surface area contributed by atoms with Gasteiger partial charge in [-0.3, -0.25) is 14.9 Å². The van der Waals surface area contributed by atoms with Crippen LogP contribution in [0.1, 0.15) is 16.1 Å². The van der Waals surface area contributed by atoms with Crippen molar-refractivity contribution in [2.24, 2.45) is 0 Å². The third-order valence-electron chi connectivity index (χ3n) is 3.69. The fraction of sp³-hybridized carbons (Fsp3) is 0.0556. The molecular weight excluding hydrogens is 379 g/mol. The maximum absolute atomic E-state index is 12.4. The lowest BCUT2D eigenvalue weighted by atomic mass is 10.1. The first-order valence-electron chi connectivity index (χ1n) is 7.47. The molecule has 0 spiro atoms. The lowest BCUT2D eigenvalue weighted by molar-refractivity contribution is -0.383. The standard InChI is InChI=1S/C18H12Cl2N2O4/c1-10-2-3-11(8-13(10)20)16-6-7-17(26-16)18(23)21-14-5-4-12(19)9-15(14)22(24)25/h2-9H,1H3,(H,21,23). The van der Waals surface area contributed by atoms with Gasteiger partial charge in [-0.25, -0.2) is 0 Å². The van der Waals surface area contributed by atoms with Gasteiger partial charge in [-0.2, -0.15) is 0 Å². The maximum Gasteiger partial charge on any atom is 0.294 e. The Morgan fingerprint density at radius 1 is 1.12 bits per heavy atom. The first-order valence-corrected chi connectivity index (χ1v) is 8.22. The summed E-state index contributed by atoms with van der Waals surface area (Å²) in [4.78, 5) is 22.8. The van der Waals surface area contributed by atoms with E-state index in [0.717, 1.165) is 11.1 Å². The Morgan fingerprint density at radius 3 is 2.58 bits per heavy atom. The van der Waals surface area contributed by atoms with Gasteiger partial charge in [0.15, 0.2) is 5.76 Å². The number of hydrogen-bond acceptors (Lipinski definition) is 4. The van der Waals surface area contributed by atoms with Crippen molar-refractivity contribution in [1.82, 2.24) is 0 Å². The molecule has 2 aromatic carbocycles. The molecule has 0 radical (unpaired) electrons. The highest BCUT2D eigenvalue weighted by molar-refractivity contribution is 6.31.